The largest absolute Gasteiger partial charge is 0.319 e. The van der Waals surface area contributed by atoms with Crippen LogP contribution in [0.4, 0.5) is 5.69 Å². The zero-order valence-corrected chi connectivity index (χ0v) is 10.3. The van der Waals surface area contributed by atoms with E-state index in [0.717, 1.165) is 12.1 Å². The summed E-state index contributed by atoms with van der Waals surface area (Å²) in [5, 5.41) is 0. The summed E-state index contributed by atoms with van der Waals surface area (Å²) in [6.07, 6.45) is 6.38. The van der Waals surface area contributed by atoms with Crippen molar-refractivity contribution in [2.45, 2.75) is 25.8 Å². The molecule has 1 rings (SSSR count). The molecule has 17 heavy (non-hydrogen) atoms. The Morgan fingerprint density at radius 1 is 1.47 bits per heavy atom. The normalized spacial score (nSPS) is 11.6. The van der Waals surface area contributed by atoms with Crippen molar-refractivity contribution in [3.63, 3.8) is 0 Å². The predicted molar refractivity (Wildman–Crippen MR) is 70.7 cm³/mol. The molecular formula is C14H18N2O. The molecule has 1 amide bonds. The fraction of sp³-hybridized carbons (Fsp3) is 0.357. The van der Waals surface area contributed by atoms with Gasteiger partial charge in [0.15, 0.2) is 0 Å². The minimum atomic E-state index is -0.629. The highest BCUT2D eigenvalue weighted by Gasteiger charge is 2.17. The maximum atomic E-state index is 11.9. The van der Waals surface area contributed by atoms with Crippen LogP contribution in [-0.4, -0.2) is 19.0 Å². The Bertz CT molecular complexity index is 417. The molecule has 3 heteroatoms. The molecule has 1 aromatic carbocycles. The maximum Gasteiger partial charge on any atom is 0.244 e. The van der Waals surface area contributed by atoms with Gasteiger partial charge < -0.3 is 10.6 Å². The van der Waals surface area contributed by atoms with Crippen molar-refractivity contribution in [1.29, 1.82) is 0 Å². The molecule has 0 heterocycles. The summed E-state index contributed by atoms with van der Waals surface area (Å²) in [6.45, 7) is 2.09. The molecule has 90 valence electrons. The number of amides is 1. The second-order valence-corrected chi connectivity index (χ2v) is 3.93. The highest BCUT2D eigenvalue weighted by atomic mass is 16.2. The molecule has 3 nitrogen and oxygen atoms in total. The summed E-state index contributed by atoms with van der Waals surface area (Å²) in [6, 6.07) is 7.21. The van der Waals surface area contributed by atoms with Gasteiger partial charge >= 0.3 is 0 Å². The minimum absolute atomic E-state index is 0.160. The van der Waals surface area contributed by atoms with Crippen LogP contribution >= 0.6 is 0 Å². The van der Waals surface area contributed by atoms with Crippen molar-refractivity contribution in [1.82, 2.24) is 0 Å². The minimum Gasteiger partial charge on any atom is -0.319 e. The van der Waals surface area contributed by atoms with Gasteiger partial charge in [-0.05, 0) is 24.1 Å². The van der Waals surface area contributed by atoms with E-state index in [1.54, 1.807) is 11.9 Å². The molecular weight excluding hydrogens is 212 g/mol. The topological polar surface area (TPSA) is 46.3 Å². The lowest BCUT2D eigenvalue weighted by molar-refractivity contribution is -0.119. The lowest BCUT2D eigenvalue weighted by Crippen LogP contribution is -2.41. The molecule has 0 aliphatic carbocycles. The van der Waals surface area contributed by atoms with Crippen molar-refractivity contribution in [2.24, 2.45) is 5.73 Å². The number of carbonyl (C=O) groups is 1. The highest BCUT2D eigenvalue weighted by molar-refractivity contribution is 5.96. The van der Waals surface area contributed by atoms with Crippen LogP contribution in [-0.2, 0) is 11.2 Å². The van der Waals surface area contributed by atoms with Crippen molar-refractivity contribution >= 4 is 11.6 Å². The van der Waals surface area contributed by atoms with Crippen LogP contribution in [0, 0.1) is 12.3 Å². The molecule has 0 radical (unpaired) electrons. The number of rotatable bonds is 4. The standard InChI is InChI=1S/C14H18N2O/c1-4-6-13(15)14(17)16(3)12-9-7-11(5-2)8-10-12/h1,7-10,13H,5-6,15H2,2-3H3. The quantitative estimate of drug-likeness (QED) is 0.798. The average Bonchev–Trinajstić information content (AvgIpc) is 2.37. The third kappa shape index (κ3) is 3.33. The van der Waals surface area contributed by atoms with Gasteiger partial charge in [-0.2, -0.15) is 0 Å². The Kier molecular flexibility index (Phi) is 4.74. The molecule has 0 saturated carbocycles. The van der Waals surface area contributed by atoms with Crippen molar-refractivity contribution in [2.75, 3.05) is 11.9 Å². The van der Waals surface area contributed by atoms with Crippen molar-refractivity contribution in [3.05, 3.63) is 29.8 Å². The van der Waals surface area contributed by atoms with E-state index in [2.05, 4.69) is 12.8 Å². The molecule has 1 unspecified atom stereocenters. The first-order valence-electron chi connectivity index (χ1n) is 5.65. The summed E-state index contributed by atoms with van der Waals surface area (Å²) in [5.74, 6) is 2.24. The van der Waals surface area contributed by atoms with E-state index in [1.165, 1.54) is 5.56 Å². The average molecular weight is 230 g/mol. The monoisotopic (exact) mass is 230 g/mol. The van der Waals surface area contributed by atoms with Gasteiger partial charge in [0, 0.05) is 19.2 Å². The van der Waals surface area contributed by atoms with Crippen LogP contribution in [0.15, 0.2) is 24.3 Å². The Balaban J connectivity index is 2.78. The van der Waals surface area contributed by atoms with E-state index in [1.807, 2.05) is 24.3 Å². The van der Waals surface area contributed by atoms with Crippen LogP contribution in [0.1, 0.15) is 18.9 Å². The number of carbonyl (C=O) groups excluding carboxylic acids is 1. The van der Waals surface area contributed by atoms with Gasteiger partial charge in [-0.1, -0.05) is 19.1 Å². The van der Waals surface area contributed by atoms with Gasteiger partial charge in [0.1, 0.15) is 0 Å². The molecule has 1 aromatic rings. The number of hydrogen-bond acceptors (Lipinski definition) is 2. The van der Waals surface area contributed by atoms with Gasteiger partial charge in [0.25, 0.3) is 0 Å². The maximum absolute atomic E-state index is 11.9. The molecule has 0 aromatic heterocycles. The first-order valence-corrected chi connectivity index (χ1v) is 5.65. The molecule has 0 bridgehead atoms. The van der Waals surface area contributed by atoms with E-state index >= 15 is 0 Å². The smallest absolute Gasteiger partial charge is 0.244 e. The molecule has 0 saturated heterocycles. The summed E-state index contributed by atoms with van der Waals surface area (Å²) < 4.78 is 0. The third-order valence-electron chi connectivity index (χ3n) is 2.72. The number of likely N-dealkylation sites (N-methyl/N-ethyl adjacent to an activating group) is 1. The lowest BCUT2D eigenvalue weighted by Gasteiger charge is -2.20. The fourth-order valence-electron chi connectivity index (χ4n) is 1.55. The Morgan fingerprint density at radius 2 is 2.06 bits per heavy atom. The predicted octanol–water partition coefficient (Wildman–Crippen LogP) is 1.56. The van der Waals surface area contributed by atoms with Crippen LogP contribution in [0.5, 0.6) is 0 Å². The van der Waals surface area contributed by atoms with Gasteiger partial charge in [-0.15, -0.1) is 12.3 Å². The summed E-state index contributed by atoms with van der Waals surface area (Å²) >= 11 is 0. The lowest BCUT2D eigenvalue weighted by atomic mass is 10.1. The summed E-state index contributed by atoms with van der Waals surface area (Å²) in [5.41, 5.74) is 7.76. The molecule has 2 N–H and O–H groups in total. The van der Waals surface area contributed by atoms with E-state index < -0.39 is 6.04 Å². The van der Waals surface area contributed by atoms with E-state index in [4.69, 9.17) is 12.2 Å². The van der Waals surface area contributed by atoms with Gasteiger partial charge in [-0.25, -0.2) is 0 Å². The molecule has 0 aliphatic heterocycles. The van der Waals surface area contributed by atoms with Crippen molar-refractivity contribution in [3.8, 4) is 12.3 Å². The second-order valence-electron chi connectivity index (χ2n) is 3.93. The number of aryl methyl sites for hydroxylation is 1. The molecule has 0 aliphatic rings. The number of nitrogens with two attached hydrogens (primary N) is 1. The highest BCUT2D eigenvalue weighted by Crippen LogP contribution is 2.15. The van der Waals surface area contributed by atoms with Gasteiger partial charge in [-0.3, -0.25) is 4.79 Å². The second kappa shape index (κ2) is 6.07. The van der Waals surface area contributed by atoms with Gasteiger partial charge in [0.2, 0.25) is 5.91 Å². The number of terminal acetylenes is 1. The first-order chi connectivity index (χ1) is 8.10. The van der Waals surface area contributed by atoms with Crippen LogP contribution < -0.4 is 10.6 Å². The Hall–Kier alpha value is -1.79. The number of anilines is 1. The number of nitrogens with zero attached hydrogens (tertiary/aromatic N) is 1. The fourth-order valence-corrected chi connectivity index (χ4v) is 1.55. The van der Waals surface area contributed by atoms with E-state index in [0.29, 0.717) is 0 Å². The van der Waals surface area contributed by atoms with Crippen molar-refractivity contribution < 1.29 is 4.79 Å². The number of hydrogen-bond donors (Lipinski definition) is 1. The zero-order chi connectivity index (χ0) is 12.8. The van der Waals surface area contributed by atoms with Gasteiger partial charge in [0.05, 0.1) is 6.04 Å². The molecule has 0 spiro atoms. The Labute approximate surface area is 103 Å². The van der Waals surface area contributed by atoms with E-state index in [9.17, 15) is 4.79 Å². The number of benzene rings is 1. The van der Waals surface area contributed by atoms with Crippen LogP contribution in [0.3, 0.4) is 0 Å². The van der Waals surface area contributed by atoms with Crippen LogP contribution in [0.25, 0.3) is 0 Å². The summed E-state index contributed by atoms with van der Waals surface area (Å²) in [4.78, 5) is 13.4. The molecule has 0 fully saturated rings. The molecule has 1 atom stereocenters. The summed E-state index contributed by atoms with van der Waals surface area (Å²) in [7, 11) is 1.71. The zero-order valence-electron chi connectivity index (χ0n) is 10.3. The Morgan fingerprint density at radius 3 is 2.53 bits per heavy atom. The SMILES string of the molecule is C#CCC(N)C(=O)N(C)c1ccc(CC)cc1. The first kappa shape index (κ1) is 13.3. The van der Waals surface area contributed by atoms with Crippen LogP contribution in [0.2, 0.25) is 0 Å². The third-order valence-corrected chi connectivity index (χ3v) is 2.72. The van der Waals surface area contributed by atoms with E-state index in [-0.39, 0.29) is 12.3 Å².